The van der Waals surface area contributed by atoms with Crippen LogP contribution in [0.1, 0.15) is 64.4 Å². The summed E-state index contributed by atoms with van der Waals surface area (Å²) in [5.74, 6) is -5.39. The summed E-state index contributed by atoms with van der Waals surface area (Å²) < 4.78 is 0. The Morgan fingerprint density at radius 3 is 0.727 bits per heavy atom. The zero-order chi connectivity index (χ0) is 30.2. The van der Waals surface area contributed by atoms with E-state index >= 15 is 0 Å². The summed E-state index contributed by atoms with van der Waals surface area (Å²) >= 11 is 0. The second-order valence-electron chi connectivity index (χ2n) is 11.7. The van der Waals surface area contributed by atoms with Crippen LogP contribution in [0.5, 0.6) is 0 Å². The third kappa shape index (κ3) is 4.55. The molecule has 3 unspecified atom stereocenters. The van der Waals surface area contributed by atoms with Crippen LogP contribution in [-0.2, 0) is 0 Å². The van der Waals surface area contributed by atoms with Gasteiger partial charge in [0.1, 0.15) is 0 Å². The van der Waals surface area contributed by atoms with Crippen LogP contribution in [0.25, 0.3) is 0 Å². The van der Waals surface area contributed by atoms with Gasteiger partial charge in [0.05, 0.1) is 0 Å². The third-order valence-corrected chi connectivity index (χ3v) is 9.48. The maximum Gasteiger partial charge on any atom is 0.167 e. The lowest BCUT2D eigenvalue weighted by Gasteiger charge is -2.55. The van der Waals surface area contributed by atoms with Crippen LogP contribution in [-0.4, -0.2) is 23.1 Å². The van der Waals surface area contributed by atoms with Gasteiger partial charge in [-0.05, 0) is 11.1 Å². The summed E-state index contributed by atoms with van der Waals surface area (Å²) in [6.45, 7) is 0. The van der Waals surface area contributed by atoms with E-state index in [1.54, 1.807) is 48.5 Å². The quantitative estimate of drug-likeness (QED) is 0.177. The lowest BCUT2D eigenvalue weighted by atomic mass is 9.44. The van der Waals surface area contributed by atoms with Gasteiger partial charge in [0.2, 0.25) is 0 Å². The summed E-state index contributed by atoms with van der Waals surface area (Å²) in [4.78, 5) is 58.6. The van der Waals surface area contributed by atoms with Gasteiger partial charge in [0.15, 0.2) is 23.1 Å². The highest BCUT2D eigenvalue weighted by atomic mass is 16.1. The average molecular weight is 575 g/mol. The number of hydrogen-bond acceptors (Lipinski definition) is 4. The maximum atomic E-state index is 14.6. The molecule has 0 heterocycles. The van der Waals surface area contributed by atoms with E-state index in [-0.39, 0.29) is 23.1 Å². The van der Waals surface area contributed by atoms with Crippen LogP contribution in [0.4, 0.5) is 0 Å². The Morgan fingerprint density at radius 1 is 0.295 bits per heavy atom. The minimum Gasteiger partial charge on any atom is -0.294 e. The van der Waals surface area contributed by atoms with Crippen LogP contribution in [0.15, 0.2) is 146 Å². The molecule has 0 aromatic heterocycles. The van der Waals surface area contributed by atoms with E-state index in [4.69, 9.17) is 0 Å². The molecule has 0 amide bonds. The number of rotatable bonds is 8. The first-order chi connectivity index (χ1) is 21.6. The molecule has 0 radical (unpaired) electrons. The molecule has 5 aromatic carbocycles. The molecular weight excluding hydrogens is 544 g/mol. The van der Waals surface area contributed by atoms with Crippen molar-refractivity contribution in [2.75, 3.05) is 0 Å². The topological polar surface area (TPSA) is 68.3 Å². The molecule has 2 bridgehead atoms. The number of benzene rings is 5. The summed E-state index contributed by atoms with van der Waals surface area (Å²) in [6, 6.07) is 43.8. The van der Waals surface area contributed by atoms with Crippen LogP contribution in [0.2, 0.25) is 0 Å². The molecule has 3 aliphatic carbocycles. The van der Waals surface area contributed by atoms with Crippen LogP contribution in [0, 0.1) is 23.7 Å². The number of carbonyl (C=O) groups is 4. The van der Waals surface area contributed by atoms with Crippen molar-refractivity contribution in [1.82, 2.24) is 0 Å². The summed E-state index contributed by atoms with van der Waals surface area (Å²) in [5, 5.41) is 0. The van der Waals surface area contributed by atoms with Gasteiger partial charge in [-0.3, -0.25) is 19.2 Å². The zero-order valence-electron chi connectivity index (χ0n) is 24.0. The summed E-state index contributed by atoms with van der Waals surface area (Å²) in [6.07, 6.45) is 0. The van der Waals surface area contributed by atoms with Crippen LogP contribution >= 0.6 is 0 Å². The van der Waals surface area contributed by atoms with E-state index in [0.29, 0.717) is 22.3 Å². The molecule has 4 nitrogen and oxygen atoms in total. The van der Waals surface area contributed by atoms with Crippen molar-refractivity contribution in [3.05, 3.63) is 179 Å². The SMILES string of the molecule is O=C(c1ccccc1)C1C2c3ccccc3C([C@@H]1C(=O)c1ccccc1)[C@H](C(=O)c1ccccc1)[C@H]2C(=O)c1ccccc1. The van der Waals surface area contributed by atoms with Gasteiger partial charge < -0.3 is 0 Å². The van der Waals surface area contributed by atoms with Crippen molar-refractivity contribution < 1.29 is 19.2 Å². The first kappa shape index (κ1) is 27.6. The Morgan fingerprint density at radius 2 is 0.500 bits per heavy atom. The normalized spacial score (nSPS) is 23.4. The van der Waals surface area contributed by atoms with Crippen molar-refractivity contribution in [3.63, 3.8) is 0 Å². The highest BCUT2D eigenvalue weighted by Crippen LogP contribution is 2.63. The largest absolute Gasteiger partial charge is 0.294 e. The van der Waals surface area contributed by atoms with Gasteiger partial charge in [-0.25, -0.2) is 0 Å². The van der Waals surface area contributed by atoms with Crippen molar-refractivity contribution >= 4 is 23.1 Å². The number of carbonyl (C=O) groups excluding carboxylic acids is 4. The number of hydrogen-bond donors (Lipinski definition) is 0. The average Bonchev–Trinajstić information content (AvgIpc) is 3.11. The van der Waals surface area contributed by atoms with Crippen molar-refractivity contribution in [1.29, 1.82) is 0 Å². The molecular formula is C40H30O4. The minimum absolute atomic E-state index is 0.180. The van der Waals surface area contributed by atoms with Gasteiger partial charge in [0, 0.05) is 57.8 Å². The van der Waals surface area contributed by atoms with E-state index in [9.17, 15) is 19.2 Å². The Balaban J connectivity index is 1.50. The van der Waals surface area contributed by atoms with E-state index in [1.165, 1.54) is 0 Å². The molecule has 8 rings (SSSR count). The fourth-order valence-electron chi connectivity index (χ4n) is 7.72. The Labute approximate surface area is 256 Å². The second-order valence-corrected chi connectivity index (χ2v) is 11.7. The number of ketones is 4. The van der Waals surface area contributed by atoms with Crippen molar-refractivity contribution in [2.24, 2.45) is 23.7 Å². The highest BCUT2D eigenvalue weighted by molar-refractivity contribution is 6.11. The molecule has 4 heteroatoms. The molecule has 6 atom stereocenters. The standard InChI is InChI=1S/C40H30O4/c41-37(25-15-5-1-6-16-25)33-31-29-23-13-14-24-30(29)32(34(33)38(42)26-17-7-2-8-18-26)36(40(44)28-21-11-4-12-22-28)35(31)39(43)27-19-9-3-10-20-27/h1-24,31-36H/t31?,32?,33-,34-,35-,36?/m0/s1. The van der Waals surface area contributed by atoms with Crippen molar-refractivity contribution in [3.8, 4) is 0 Å². The molecule has 1 fully saturated rings. The zero-order valence-corrected chi connectivity index (χ0v) is 24.0. The summed E-state index contributed by atoms with van der Waals surface area (Å²) in [7, 11) is 0. The molecule has 3 aliphatic rings. The van der Waals surface area contributed by atoms with Gasteiger partial charge in [-0.15, -0.1) is 0 Å². The van der Waals surface area contributed by atoms with E-state index < -0.39 is 35.5 Å². The van der Waals surface area contributed by atoms with Crippen molar-refractivity contribution in [2.45, 2.75) is 11.8 Å². The first-order valence-corrected chi connectivity index (χ1v) is 15.0. The van der Waals surface area contributed by atoms with Gasteiger partial charge >= 0.3 is 0 Å². The molecule has 0 aliphatic heterocycles. The van der Waals surface area contributed by atoms with Gasteiger partial charge in [0.25, 0.3) is 0 Å². The maximum absolute atomic E-state index is 14.6. The van der Waals surface area contributed by atoms with Crippen LogP contribution in [0.3, 0.4) is 0 Å². The van der Waals surface area contributed by atoms with Gasteiger partial charge in [-0.2, -0.15) is 0 Å². The molecule has 5 aromatic rings. The van der Waals surface area contributed by atoms with Crippen LogP contribution < -0.4 is 0 Å². The fraction of sp³-hybridized carbons (Fsp3) is 0.150. The molecule has 44 heavy (non-hydrogen) atoms. The predicted molar refractivity (Wildman–Crippen MR) is 169 cm³/mol. The Hall–Kier alpha value is -5.22. The molecule has 0 spiro atoms. The number of Topliss-reactive ketones (excluding diaryl/α,β-unsaturated/α-hetero) is 4. The smallest absolute Gasteiger partial charge is 0.167 e. The predicted octanol–water partition coefficient (Wildman–Crippen LogP) is 7.88. The lowest BCUT2D eigenvalue weighted by Crippen LogP contribution is -2.57. The fourth-order valence-corrected chi connectivity index (χ4v) is 7.72. The van der Waals surface area contributed by atoms with E-state index in [2.05, 4.69) is 0 Å². The molecule has 0 saturated heterocycles. The summed E-state index contributed by atoms with van der Waals surface area (Å²) in [5.41, 5.74) is 3.71. The highest BCUT2D eigenvalue weighted by Gasteiger charge is 2.63. The lowest BCUT2D eigenvalue weighted by molar-refractivity contribution is 0.0260. The minimum atomic E-state index is -0.831. The molecule has 0 N–H and O–H groups in total. The Kier molecular flexibility index (Phi) is 7.19. The first-order valence-electron chi connectivity index (χ1n) is 15.0. The molecule has 1 saturated carbocycles. The molecule has 214 valence electrons. The Bertz CT molecular complexity index is 1590. The van der Waals surface area contributed by atoms with Gasteiger partial charge in [-0.1, -0.05) is 146 Å². The third-order valence-electron chi connectivity index (χ3n) is 9.48. The monoisotopic (exact) mass is 574 g/mol. The van der Waals surface area contributed by atoms with E-state index in [0.717, 1.165) is 11.1 Å². The number of fused-ring (bicyclic) bond motifs is 2. The van der Waals surface area contributed by atoms with E-state index in [1.807, 2.05) is 97.1 Å². The second kappa shape index (κ2) is 11.5.